The van der Waals surface area contributed by atoms with Crippen molar-refractivity contribution < 1.29 is 4.79 Å². The number of rotatable bonds is 4. The number of hydrogen-bond acceptors (Lipinski definition) is 3. The topological polar surface area (TPSA) is 41.1 Å². The van der Waals surface area contributed by atoms with E-state index < -0.39 is 0 Å². The maximum atomic E-state index is 11.9. The van der Waals surface area contributed by atoms with Crippen LogP contribution >= 0.6 is 11.8 Å². The van der Waals surface area contributed by atoms with E-state index in [0.717, 1.165) is 18.1 Å². The van der Waals surface area contributed by atoms with Crippen LogP contribution in [0.3, 0.4) is 0 Å². The molecule has 0 saturated carbocycles. The molecule has 1 saturated heterocycles. The summed E-state index contributed by atoms with van der Waals surface area (Å²) in [5.41, 5.74) is 1.29. The molecule has 0 radical (unpaired) electrons. The first-order valence-electron chi connectivity index (χ1n) is 6.90. The first kappa shape index (κ1) is 13.5. The van der Waals surface area contributed by atoms with Gasteiger partial charge in [-0.05, 0) is 22.8 Å². The molecule has 1 atom stereocenters. The molecule has 104 valence electrons. The van der Waals surface area contributed by atoms with E-state index in [2.05, 4.69) is 53.1 Å². The van der Waals surface area contributed by atoms with E-state index in [1.54, 1.807) is 11.8 Å². The maximum Gasteiger partial charge on any atom is 0.238 e. The summed E-state index contributed by atoms with van der Waals surface area (Å²) in [6.45, 7) is 0.690. The lowest BCUT2D eigenvalue weighted by Crippen LogP contribution is -2.42. The van der Waals surface area contributed by atoms with E-state index in [-0.39, 0.29) is 11.9 Å². The number of fused-ring (bicyclic) bond motifs is 1. The average Bonchev–Trinajstić information content (AvgIpc) is 3.02. The third-order valence-electron chi connectivity index (χ3n) is 3.61. The summed E-state index contributed by atoms with van der Waals surface area (Å²) in [5, 5.41) is 8.74. The Morgan fingerprint density at radius 1 is 1.25 bits per heavy atom. The zero-order chi connectivity index (χ0) is 13.8. The third-order valence-corrected chi connectivity index (χ3v) is 4.55. The van der Waals surface area contributed by atoms with E-state index in [0.29, 0.717) is 6.54 Å². The van der Waals surface area contributed by atoms with Crippen molar-refractivity contribution in [1.29, 1.82) is 0 Å². The van der Waals surface area contributed by atoms with Gasteiger partial charge in [0.2, 0.25) is 5.91 Å². The van der Waals surface area contributed by atoms with Crippen LogP contribution in [0.4, 0.5) is 0 Å². The second-order valence-corrected chi connectivity index (χ2v) is 5.98. The highest BCUT2D eigenvalue weighted by molar-refractivity contribution is 7.99. The fraction of sp³-hybridized carbons (Fsp3) is 0.312. The van der Waals surface area contributed by atoms with Crippen molar-refractivity contribution in [3.8, 4) is 0 Å². The Kier molecular flexibility index (Phi) is 4.23. The van der Waals surface area contributed by atoms with Gasteiger partial charge in [-0.3, -0.25) is 10.1 Å². The third kappa shape index (κ3) is 2.97. The predicted octanol–water partition coefficient (Wildman–Crippen LogP) is 2.16. The minimum atomic E-state index is -0.0208. The molecular formula is C16H18N2OS. The number of thioether (sulfide) groups is 1. The first-order valence-corrected chi connectivity index (χ1v) is 8.05. The van der Waals surface area contributed by atoms with Crippen LogP contribution in [-0.2, 0) is 11.2 Å². The van der Waals surface area contributed by atoms with Gasteiger partial charge in [0, 0.05) is 18.2 Å². The van der Waals surface area contributed by atoms with Crippen molar-refractivity contribution >= 4 is 28.4 Å². The van der Waals surface area contributed by atoms with Crippen LogP contribution in [0.25, 0.3) is 10.8 Å². The highest BCUT2D eigenvalue weighted by atomic mass is 32.2. The van der Waals surface area contributed by atoms with Gasteiger partial charge in [-0.2, -0.15) is 0 Å². The summed E-state index contributed by atoms with van der Waals surface area (Å²) in [5.74, 6) is 1.87. The minimum absolute atomic E-state index is 0.0208. The molecule has 0 bridgehead atoms. The summed E-state index contributed by atoms with van der Waals surface area (Å²) in [6, 6.07) is 14.7. The predicted molar refractivity (Wildman–Crippen MR) is 84.9 cm³/mol. The molecule has 0 spiro atoms. The van der Waals surface area contributed by atoms with Crippen LogP contribution in [0.1, 0.15) is 5.56 Å². The lowest BCUT2D eigenvalue weighted by molar-refractivity contribution is -0.122. The van der Waals surface area contributed by atoms with Crippen LogP contribution < -0.4 is 10.6 Å². The average molecular weight is 286 g/mol. The van der Waals surface area contributed by atoms with Gasteiger partial charge in [-0.15, -0.1) is 11.8 Å². The lowest BCUT2D eigenvalue weighted by atomic mass is 10.0. The molecule has 2 N–H and O–H groups in total. The van der Waals surface area contributed by atoms with Gasteiger partial charge >= 0.3 is 0 Å². The molecule has 20 heavy (non-hydrogen) atoms. The van der Waals surface area contributed by atoms with E-state index in [9.17, 15) is 4.79 Å². The second kappa shape index (κ2) is 6.29. The van der Waals surface area contributed by atoms with Gasteiger partial charge in [0.15, 0.2) is 0 Å². The molecule has 0 aliphatic carbocycles. The monoisotopic (exact) mass is 286 g/mol. The number of carbonyl (C=O) groups excluding carboxylic acids is 1. The van der Waals surface area contributed by atoms with Crippen molar-refractivity contribution in [2.75, 3.05) is 18.2 Å². The number of nitrogens with one attached hydrogen (secondary N) is 2. The molecular weight excluding hydrogens is 268 g/mol. The Bertz CT molecular complexity index is 603. The molecule has 1 aliphatic rings. The van der Waals surface area contributed by atoms with Crippen molar-refractivity contribution in [2.24, 2.45) is 0 Å². The molecule has 1 fully saturated rings. The van der Waals surface area contributed by atoms with Crippen LogP contribution in [0, 0.1) is 0 Å². The molecule has 0 aromatic heterocycles. The smallest absolute Gasteiger partial charge is 0.238 e. The number of amides is 1. The Balaban J connectivity index is 1.61. The molecule has 2 aromatic carbocycles. The highest BCUT2D eigenvalue weighted by Crippen LogP contribution is 2.18. The highest BCUT2D eigenvalue weighted by Gasteiger charge is 2.21. The molecule has 3 nitrogen and oxygen atoms in total. The normalized spacial score (nSPS) is 18.3. The summed E-state index contributed by atoms with van der Waals surface area (Å²) in [6.07, 6.45) is 0.868. The number of carbonyl (C=O) groups is 1. The van der Waals surface area contributed by atoms with Crippen molar-refractivity contribution in [3.63, 3.8) is 0 Å². The fourth-order valence-electron chi connectivity index (χ4n) is 2.52. The quantitative estimate of drug-likeness (QED) is 0.905. The Hall–Kier alpha value is -1.52. The standard InChI is InChI=1S/C16H18N2OS/c19-16(15-10-20-11-18-15)17-9-8-13-6-3-5-12-4-1-2-7-14(12)13/h1-7,15,18H,8-11H2,(H,17,19). The van der Waals surface area contributed by atoms with Gasteiger partial charge in [0.25, 0.3) is 0 Å². The molecule has 1 unspecified atom stereocenters. The Morgan fingerprint density at radius 2 is 2.10 bits per heavy atom. The molecule has 4 heteroatoms. The van der Waals surface area contributed by atoms with Crippen LogP contribution in [0.5, 0.6) is 0 Å². The summed E-state index contributed by atoms with van der Waals surface area (Å²) in [4.78, 5) is 11.9. The van der Waals surface area contributed by atoms with E-state index in [4.69, 9.17) is 0 Å². The van der Waals surface area contributed by atoms with Crippen molar-refractivity contribution in [3.05, 3.63) is 48.0 Å². The van der Waals surface area contributed by atoms with E-state index in [1.165, 1.54) is 16.3 Å². The Labute approximate surface area is 123 Å². The lowest BCUT2D eigenvalue weighted by Gasteiger charge is -2.11. The second-order valence-electron chi connectivity index (χ2n) is 4.95. The molecule has 1 heterocycles. The minimum Gasteiger partial charge on any atom is -0.354 e. The van der Waals surface area contributed by atoms with Crippen molar-refractivity contribution in [1.82, 2.24) is 10.6 Å². The molecule has 1 aliphatic heterocycles. The maximum absolute atomic E-state index is 11.9. The SMILES string of the molecule is O=C(NCCc1cccc2ccccc12)C1CSCN1. The molecule has 3 rings (SSSR count). The van der Waals surface area contributed by atoms with Crippen molar-refractivity contribution in [2.45, 2.75) is 12.5 Å². The van der Waals surface area contributed by atoms with Gasteiger partial charge in [0.05, 0.1) is 6.04 Å². The molecule has 2 aromatic rings. The van der Waals surface area contributed by atoms with Gasteiger partial charge in [-0.25, -0.2) is 0 Å². The molecule has 1 amide bonds. The van der Waals surface area contributed by atoms with Crippen LogP contribution in [0.15, 0.2) is 42.5 Å². The van der Waals surface area contributed by atoms with E-state index >= 15 is 0 Å². The Morgan fingerprint density at radius 3 is 2.95 bits per heavy atom. The largest absolute Gasteiger partial charge is 0.354 e. The summed E-state index contributed by atoms with van der Waals surface area (Å²) in [7, 11) is 0. The van der Waals surface area contributed by atoms with Gasteiger partial charge in [0.1, 0.15) is 0 Å². The zero-order valence-corrected chi connectivity index (χ0v) is 12.1. The zero-order valence-electron chi connectivity index (χ0n) is 11.3. The van der Waals surface area contributed by atoms with Gasteiger partial charge in [-0.1, -0.05) is 42.5 Å². The summed E-state index contributed by atoms with van der Waals surface area (Å²) >= 11 is 1.77. The number of hydrogen-bond donors (Lipinski definition) is 2. The van der Waals surface area contributed by atoms with Crippen LogP contribution in [0.2, 0.25) is 0 Å². The van der Waals surface area contributed by atoms with Gasteiger partial charge < -0.3 is 5.32 Å². The van der Waals surface area contributed by atoms with Crippen LogP contribution in [-0.4, -0.2) is 30.1 Å². The fourth-order valence-corrected chi connectivity index (χ4v) is 3.46. The summed E-state index contributed by atoms with van der Waals surface area (Å²) < 4.78 is 0. The first-order chi connectivity index (χ1) is 9.84. The number of benzene rings is 2. The van der Waals surface area contributed by atoms with E-state index in [1.807, 2.05) is 0 Å².